The second kappa shape index (κ2) is 11.1. The van der Waals surface area contributed by atoms with Crippen molar-refractivity contribution in [3.05, 3.63) is 105 Å². The number of nitrogens with zero attached hydrogens (tertiary/aromatic N) is 1. The van der Waals surface area contributed by atoms with Crippen molar-refractivity contribution in [2.24, 2.45) is 0 Å². The molecule has 0 fully saturated rings. The van der Waals surface area contributed by atoms with Crippen molar-refractivity contribution < 1.29 is 14.3 Å². The van der Waals surface area contributed by atoms with Gasteiger partial charge in [-0.15, -0.1) is 0 Å². The zero-order chi connectivity index (χ0) is 24.8. The average Bonchev–Trinajstić information content (AvgIpc) is 2.87. The van der Waals surface area contributed by atoms with Crippen molar-refractivity contribution >= 4 is 51.0 Å². The molecule has 174 valence electrons. The summed E-state index contributed by atoms with van der Waals surface area (Å²) in [7, 11) is 1.57. The predicted molar refractivity (Wildman–Crippen MR) is 147 cm³/mol. The van der Waals surface area contributed by atoms with Crippen LogP contribution in [0.1, 0.15) is 16.7 Å². The third kappa shape index (κ3) is 5.64. The molecule has 1 N–H and O–H groups in total. The number of anilines is 1. The summed E-state index contributed by atoms with van der Waals surface area (Å²) < 4.78 is 12.7. The monoisotopic (exact) mass is 574 g/mol. The number of carbonyl (C=O) groups is 1. The van der Waals surface area contributed by atoms with Gasteiger partial charge in [-0.25, -0.2) is 0 Å². The number of amides is 1. The molecule has 0 radical (unpaired) electrons. The zero-order valence-electron chi connectivity index (χ0n) is 19.3. The molecule has 0 saturated carbocycles. The predicted octanol–water partition coefficient (Wildman–Crippen LogP) is 6.89. The van der Waals surface area contributed by atoms with Gasteiger partial charge in [0.1, 0.15) is 18.2 Å². The van der Waals surface area contributed by atoms with Crippen LogP contribution < -0.4 is 14.8 Å². The summed E-state index contributed by atoms with van der Waals surface area (Å²) in [5, 5.41) is 14.6. The van der Waals surface area contributed by atoms with Gasteiger partial charge >= 0.3 is 0 Å². The quantitative estimate of drug-likeness (QED) is 0.148. The molecule has 35 heavy (non-hydrogen) atoms. The number of ether oxygens (including phenoxy) is 2. The maximum absolute atomic E-state index is 12.6. The zero-order valence-corrected chi connectivity index (χ0v) is 21.5. The second-order valence-electron chi connectivity index (χ2n) is 7.89. The average molecular weight is 574 g/mol. The SMILES string of the molecule is COc1cc(/C=C(\C#N)C(=O)Nc2ccccc2)cc(I)c1OCc1c(C)ccc2ccccc12. The van der Waals surface area contributed by atoms with Crippen LogP contribution in [-0.4, -0.2) is 13.0 Å². The Balaban J connectivity index is 1.60. The van der Waals surface area contributed by atoms with Gasteiger partial charge in [-0.1, -0.05) is 54.6 Å². The number of fused-ring (bicyclic) bond motifs is 1. The Labute approximate surface area is 218 Å². The van der Waals surface area contributed by atoms with E-state index < -0.39 is 5.91 Å². The number of nitrogens with one attached hydrogen (secondary N) is 1. The minimum atomic E-state index is -0.473. The van der Waals surface area contributed by atoms with E-state index in [-0.39, 0.29) is 5.57 Å². The van der Waals surface area contributed by atoms with Crippen LogP contribution in [0.2, 0.25) is 0 Å². The molecule has 0 bridgehead atoms. The summed E-state index contributed by atoms with van der Waals surface area (Å²) in [6, 6.07) is 27.1. The number of halogens is 1. The first kappa shape index (κ1) is 24.3. The Hall–Kier alpha value is -3.83. The Bertz CT molecular complexity index is 1460. The van der Waals surface area contributed by atoms with Crippen LogP contribution in [0.25, 0.3) is 16.8 Å². The van der Waals surface area contributed by atoms with Gasteiger partial charge in [0.05, 0.1) is 10.7 Å². The van der Waals surface area contributed by atoms with Crippen molar-refractivity contribution in [1.82, 2.24) is 0 Å². The van der Waals surface area contributed by atoms with E-state index in [0.29, 0.717) is 29.4 Å². The van der Waals surface area contributed by atoms with Crippen molar-refractivity contribution in [3.63, 3.8) is 0 Å². The highest BCUT2D eigenvalue weighted by atomic mass is 127. The van der Waals surface area contributed by atoms with E-state index in [4.69, 9.17) is 9.47 Å². The van der Waals surface area contributed by atoms with Gasteiger partial charge in [0, 0.05) is 11.3 Å². The number of aryl methyl sites for hydroxylation is 1. The van der Waals surface area contributed by atoms with E-state index in [1.807, 2.05) is 42.5 Å². The second-order valence-corrected chi connectivity index (χ2v) is 9.06. The lowest BCUT2D eigenvalue weighted by atomic mass is 10.0. The molecule has 4 aromatic rings. The number of carbonyl (C=O) groups excluding carboxylic acids is 1. The fourth-order valence-electron chi connectivity index (χ4n) is 3.78. The van der Waals surface area contributed by atoms with Crippen molar-refractivity contribution in [1.29, 1.82) is 5.26 Å². The molecule has 0 aliphatic rings. The first-order valence-electron chi connectivity index (χ1n) is 11.0. The van der Waals surface area contributed by atoms with Gasteiger partial charge in [0.15, 0.2) is 11.5 Å². The molecular weight excluding hydrogens is 551 g/mol. The first-order valence-corrected chi connectivity index (χ1v) is 12.0. The lowest BCUT2D eigenvalue weighted by Gasteiger charge is -2.16. The fraction of sp³-hybridized carbons (Fsp3) is 0.103. The van der Waals surface area contributed by atoms with Gasteiger partial charge in [-0.05, 0) is 81.8 Å². The van der Waals surface area contributed by atoms with E-state index >= 15 is 0 Å². The van der Waals surface area contributed by atoms with E-state index in [2.05, 4.69) is 59.1 Å². The summed E-state index contributed by atoms with van der Waals surface area (Å²) in [6.07, 6.45) is 1.54. The largest absolute Gasteiger partial charge is 0.493 e. The first-order chi connectivity index (χ1) is 17.0. The van der Waals surface area contributed by atoms with Gasteiger partial charge in [-0.2, -0.15) is 5.26 Å². The lowest BCUT2D eigenvalue weighted by molar-refractivity contribution is -0.112. The molecule has 1 amide bonds. The molecule has 6 heteroatoms. The Morgan fingerprint density at radius 2 is 1.80 bits per heavy atom. The fourth-order valence-corrected chi connectivity index (χ4v) is 4.56. The molecule has 0 aliphatic carbocycles. The van der Waals surface area contributed by atoms with E-state index in [1.165, 1.54) is 0 Å². The van der Waals surface area contributed by atoms with Crippen LogP contribution in [0, 0.1) is 21.8 Å². The molecule has 0 spiro atoms. The van der Waals surface area contributed by atoms with Gasteiger partial charge in [0.25, 0.3) is 5.91 Å². The van der Waals surface area contributed by atoms with Crippen molar-refractivity contribution in [2.45, 2.75) is 13.5 Å². The summed E-state index contributed by atoms with van der Waals surface area (Å²) in [6.45, 7) is 2.46. The van der Waals surface area contributed by atoms with Crippen LogP contribution in [0.5, 0.6) is 11.5 Å². The number of nitriles is 1. The maximum atomic E-state index is 12.6. The molecule has 0 aliphatic heterocycles. The van der Waals surface area contributed by atoms with Gasteiger partial charge < -0.3 is 14.8 Å². The molecule has 0 atom stereocenters. The Kier molecular flexibility index (Phi) is 7.68. The van der Waals surface area contributed by atoms with Crippen LogP contribution in [0.4, 0.5) is 5.69 Å². The highest BCUT2D eigenvalue weighted by Crippen LogP contribution is 2.36. The number of para-hydroxylation sites is 1. The highest BCUT2D eigenvalue weighted by Gasteiger charge is 2.15. The summed E-state index contributed by atoms with van der Waals surface area (Å²) >= 11 is 2.18. The minimum absolute atomic E-state index is 0.00763. The third-order valence-electron chi connectivity index (χ3n) is 5.60. The van der Waals surface area contributed by atoms with Crippen LogP contribution in [0.15, 0.2) is 84.4 Å². The van der Waals surface area contributed by atoms with E-state index in [9.17, 15) is 10.1 Å². The topological polar surface area (TPSA) is 71.3 Å². The standard InChI is InChI=1S/C29H23IN2O3/c1-19-12-13-21-8-6-7-11-24(21)25(19)18-35-28-26(30)15-20(16-27(28)34-2)14-22(17-31)29(33)32-23-9-4-3-5-10-23/h3-16H,18H2,1-2H3,(H,32,33)/b22-14+. The number of rotatable bonds is 7. The number of benzene rings is 4. The van der Waals surface area contributed by atoms with Crippen LogP contribution in [-0.2, 0) is 11.4 Å². The van der Waals surface area contributed by atoms with E-state index in [0.717, 1.165) is 25.5 Å². The normalized spacial score (nSPS) is 11.1. The van der Waals surface area contributed by atoms with Crippen LogP contribution >= 0.6 is 22.6 Å². The van der Waals surface area contributed by atoms with E-state index in [1.54, 1.807) is 31.4 Å². The summed E-state index contributed by atoms with van der Waals surface area (Å²) in [5.41, 5.74) is 3.55. The van der Waals surface area contributed by atoms with Gasteiger partial charge in [0.2, 0.25) is 0 Å². The molecule has 0 unspecified atom stereocenters. The minimum Gasteiger partial charge on any atom is -0.493 e. The molecule has 4 aromatic carbocycles. The van der Waals surface area contributed by atoms with Crippen LogP contribution in [0.3, 0.4) is 0 Å². The summed E-state index contributed by atoms with van der Waals surface area (Å²) in [5.74, 6) is 0.672. The number of hydrogen-bond acceptors (Lipinski definition) is 4. The van der Waals surface area contributed by atoms with Crippen molar-refractivity contribution in [3.8, 4) is 17.6 Å². The van der Waals surface area contributed by atoms with Crippen molar-refractivity contribution in [2.75, 3.05) is 12.4 Å². The number of hydrogen-bond donors (Lipinski definition) is 1. The smallest absolute Gasteiger partial charge is 0.266 e. The summed E-state index contributed by atoms with van der Waals surface area (Å²) in [4.78, 5) is 12.6. The maximum Gasteiger partial charge on any atom is 0.266 e. The molecule has 4 rings (SSSR count). The van der Waals surface area contributed by atoms with Gasteiger partial charge in [-0.3, -0.25) is 4.79 Å². The number of methoxy groups -OCH3 is 1. The molecule has 0 aromatic heterocycles. The highest BCUT2D eigenvalue weighted by molar-refractivity contribution is 14.1. The third-order valence-corrected chi connectivity index (χ3v) is 6.40. The molecular formula is C29H23IN2O3. The Morgan fingerprint density at radius 1 is 1.06 bits per heavy atom. The Morgan fingerprint density at radius 3 is 2.54 bits per heavy atom. The molecule has 5 nitrogen and oxygen atoms in total. The molecule has 0 saturated heterocycles. The lowest BCUT2D eigenvalue weighted by Crippen LogP contribution is -2.13. The molecule has 0 heterocycles.